The van der Waals surface area contributed by atoms with Crippen molar-refractivity contribution in [3.05, 3.63) is 69.4 Å². The number of fused-ring (bicyclic) bond motifs is 1. The van der Waals surface area contributed by atoms with Gasteiger partial charge in [-0.25, -0.2) is 14.3 Å². The number of ether oxygens (including phenoxy) is 2. The van der Waals surface area contributed by atoms with Gasteiger partial charge >= 0.3 is 6.09 Å². The number of benzene rings is 2. The fourth-order valence-corrected chi connectivity index (χ4v) is 4.51. The lowest BCUT2D eigenvalue weighted by Crippen LogP contribution is -2.61. The minimum absolute atomic E-state index is 0.0547. The molecule has 3 aromatic rings. The Morgan fingerprint density at radius 1 is 1.13 bits per heavy atom. The third kappa shape index (κ3) is 5.64. The van der Waals surface area contributed by atoms with Crippen molar-refractivity contribution < 1.29 is 23.5 Å². The van der Waals surface area contributed by atoms with Crippen LogP contribution in [0.5, 0.6) is 5.75 Å². The van der Waals surface area contributed by atoms with E-state index in [9.17, 15) is 18.8 Å². The van der Waals surface area contributed by atoms with Crippen LogP contribution < -0.4 is 15.6 Å². The zero-order valence-electron chi connectivity index (χ0n) is 21.7. The van der Waals surface area contributed by atoms with Crippen LogP contribution in [0.25, 0.3) is 10.8 Å². The summed E-state index contributed by atoms with van der Waals surface area (Å²) in [6.45, 7) is 5.83. The fourth-order valence-electron chi connectivity index (χ4n) is 4.51. The summed E-state index contributed by atoms with van der Waals surface area (Å²) < 4.78 is 25.9. The highest BCUT2D eigenvalue weighted by Crippen LogP contribution is 2.28. The predicted octanol–water partition coefficient (Wildman–Crippen LogP) is 3.93. The van der Waals surface area contributed by atoms with Gasteiger partial charge in [0.25, 0.3) is 11.5 Å². The van der Waals surface area contributed by atoms with E-state index in [2.05, 4.69) is 15.5 Å². The number of nitrogens with zero attached hydrogens (tertiary/aromatic N) is 2. The van der Waals surface area contributed by atoms with Crippen molar-refractivity contribution in [1.29, 1.82) is 0 Å². The number of rotatable bonds is 6. The van der Waals surface area contributed by atoms with E-state index in [1.807, 2.05) is 6.07 Å². The molecule has 0 unspecified atom stereocenters. The lowest BCUT2D eigenvalue weighted by Gasteiger charge is -2.39. The maximum absolute atomic E-state index is 14.7. The van der Waals surface area contributed by atoms with E-state index in [0.717, 1.165) is 19.3 Å². The molecule has 9 nitrogen and oxygen atoms in total. The molecule has 1 aromatic heterocycles. The van der Waals surface area contributed by atoms with E-state index in [4.69, 9.17) is 9.47 Å². The molecule has 5 rings (SSSR count). The van der Waals surface area contributed by atoms with Crippen LogP contribution in [0, 0.1) is 5.82 Å². The number of hydrogen-bond donors (Lipinski definition) is 2. The molecule has 38 heavy (non-hydrogen) atoms. The Kier molecular flexibility index (Phi) is 6.81. The molecule has 1 aliphatic carbocycles. The minimum Gasteiger partial charge on any atom is -0.490 e. The molecule has 2 fully saturated rings. The molecular weight excluding hydrogens is 491 g/mol. The highest BCUT2D eigenvalue weighted by Gasteiger charge is 2.34. The van der Waals surface area contributed by atoms with E-state index in [0.29, 0.717) is 27.8 Å². The van der Waals surface area contributed by atoms with Crippen LogP contribution in [-0.2, 0) is 11.2 Å². The second kappa shape index (κ2) is 10.1. The average Bonchev–Trinajstić information content (AvgIpc) is 2.80. The quantitative estimate of drug-likeness (QED) is 0.507. The number of nitrogens with one attached hydrogen (secondary N) is 2. The summed E-state index contributed by atoms with van der Waals surface area (Å²) in [4.78, 5) is 38.8. The molecule has 10 heteroatoms. The molecular formula is C28H31FN4O5. The summed E-state index contributed by atoms with van der Waals surface area (Å²) in [6.07, 6.45) is 3.10. The zero-order chi connectivity index (χ0) is 27.0. The first-order valence-corrected chi connectivity index (χ1v) is 12.8. The van der Waals surface area contributed by atoms with Gasteiger partial charge in [-0.05, 0) is 75.9 Å². The van der Waals surface area contributed by atoms with Gasteiger partial charge in [-0.3, -0.25) is 9.59 Å². The normalized spacial score (nSPS) is 16.1. The number of alkyl carbamates (subject to hydrolysis) is 1. The van der Waals surface area contributed by atoms with Crippen LogP contribution in [-0.4, -0.2) is 57.9 Å². The molecule has 2 N–H and O–H groups in total. The van der Waals surface area contributed by atoms with E-state index >= 15 is 0 Å². The number of carbonyl (C=O) groups excluding carboxylic acids is 2. The molecule has 2 aromatic carbocycles. The van der Waals surface area contributed by atoms with Crippen LogP contribution in [0.3, 0.4) is 0 Å². The monoisotopic (exact) mass is 522 g/mol. The van der Waals surface area contributed by atoms with E-state index in [1.54, 1.807) is 39.0 Å². The van der Waals surface area contributed by atoms with E-state index < -0.39 is 23.4 Å². The van der Waals surface area contributed by atoms with Crippen LogP contribution in [0.15, 0.2) is 41.2 Å². The van der Waals surface area contributed by atoms with Crippen LogP contribution in [0.4, 0.5) is 9.18 Å². The number of halogens is 1. The summed E-state index contributed by atoms with van der Waals surface area (Å²) in [5.74, 6) is -0.405. The van der Waals surface area contributed by atoms with Crippen LogP contribution in [0.1, 0.15) is 61.6 Å². The Labute approximate surface area is 219 Å². The molecule has 200 valence electrons. The van der Waals surface area contributed by atoms with Gasteiger partial charge in [0.05, 0.1) is 28.8 Å². The third-order valence-corrected chi connectivity index (χ3v) is 6.72. The van der Waals surface area contributed by atoms with E-state index in [1.165, 1.54) is 17.0 Å². The van der Waals surface area contributed by atoms with Gasteiger partial charge in [0.15, 0.2) is 0 Å². The Morgan fingerprint density at radius 3 is 2.58 bits per heavy atom. The van der Waals surface area contributed by atoms with Crippen molar-refractivity contribution in [3.63, 3.8) is 0 Å². The van der Waals surface area contributed by atoms with E-state index in [-0.39, 0.29) is 42.8 Å². The van der Waals surface area contributed by atoms with Crippen LogP contribution >= 0.6 is 0 Å². The van der Waals surface area contributed by atoms with Crippen molar-refractivity contribution >= 4 is 22.8 Å². The largest absolute Gasteiger partial charge is 0.490 e. The smallest absolute Gasteiger partial charge is 0.407 e. The number of aromatic nitrogens is 2. The summed E-state index contributed by atoms with van der Waals surface area (Å²) in [6, 6.07) is 9.44. The molecule has 0 atom stereocenters. The molecule has 2 aliphatic rings. The maximum atomic E-state index is 14.7. The van der Waals surface area contributed by atoms with Gasteiger partial charge in [0.2, 0.25) is 0 Å². The van der Waals surface area contributed by atoms with Crippen molar-refractivity contribution in [2.45, 2.75) is 64.2 Å². The Hall–Kier alpha value is -3.95. The molecule has 2 heterocycles. The van der Waals surface area contributed by atoms with Crippen molar-refractivity contribution in [2.24, 2.45) is 0 Å². The minimum atomic E-state index is -0.627. The highest BCUT2D eigenvalue weighted by atomic mass is 19.1. The zero-order valence-corrected chi connectivity index (χ0v) is 21.7. The molecule has 1 aliphatic heterocycles. The number of hydrogen-bond acceptors (Lipinski definition) is 6. The molecule has 2 amide bonds. The van der Waals surface area contributed by atoms with Gasteiger partial charge in [-0.2, -0.15) is 5.10 Å². The molecule has 0 bridgehead atoms. The number of likely N-dealkylation sites (tertiary alicyclic amines) is 1. The van der Waals surface area contributed by atoms with Crippen molar-refractivity contribution in [1.82, 2.24) is 20.4 Å². The second-order valence-electron chi connectivity index (χ2n) is 10.9. The fraction of sp³-hybridized carbons (Fsp3) is 0.429. The summed E-state index contributed by atoms with van der Waals surface area (Å²) in [5, 5.41) is 10.6. The summed E-state index contributed by atoms with van der Waals surface area (Å²) >= 11 is 0. The predicted molar refractivity (Wildman–Crippen MR) is 139 cm³/mol. The SMILES string of the molecule is CC(C)(C)OC(=O)NC1CN(C(=O)c2cc(Cc3n[nH]c(=O)c4ccc(OC5CCC5)cc34)ccc2F)C1. The first kappa shape index (κ1) is 25.7. The lowest BCUT2D eigenvalue weighted by molar-refractivity contribution is 0.0357. The standard InChI is InChI=1S/C28H31FN4O5/c1-28(2,3)38-27(36)30-17-14-33(15-17)26(35)22-11-16(7-10-23(22)29)12-24-21-13-19(37-18-5-4-6-18)8-9-20(21)25(34)32-31-24/h7-11,13,17-18H,4-6,12,14-15H2,1-3H3,(H,30,36)(H,32,34). The first-order valence-electron chi connectivity index (χ1n) is 12.8. The maximum Gasteiger partial charge on any atom is 0.407 e. The average molecular weight is 523 g/mol. The second-order valence-corrected chi connectivity index (χ2v) is 10.9. The Bertz CT molecular complexity index is 1440. The van der Waals surface area contributed by atoms with Gasteiger partial charge in [-0.15, -0.1) is 0 Å². The molecule has 1 saturated carbocycles. The lowest BCUT2D eigenvalue weighted by atomic mass is 9.96. The van der Waals surface area contributed by atoms with Gasteiger partial charge in [-0.1, -0.05) is 6.07 Å². The highest BCUT2D eigenvalue weighted by molar-refractivity contribution is 5.95. The molecule has 1 saturated heterocycles. The van der Waals surface area contributed by atoms with Crippen molar-refractivity contribution in [2.75, 3.05) is 13.1 Å². The number of H-pyrrole nitrogens is 1. The number of aromatic amines is 1. The topological polar surface area (TPSA) is 114 Å². The summed E-state index contributed by atoms with van der Waals surface area (Å²) in [7, 11) is 0. The molecule has 0 spiro atoms. The molecule has 0 radical (unpaired) electrons. The third-order valence-electron chi connectivity index (χ3n) is 6.72. The number of carbonyl (C=O) groups is 2. The summed E-state index contributed by atoms with van der Waals surface area (Å²) in [5.41, 5.74) is 0.283. The Balaban J connectivity index is 1.30. The van der Waals surface area contributed by atoms with Gasteiger partial charge in [0.1, 0.15) is 17.2 Å². The van der Waals surface area contributed by atoms with Gasteiger partial charge in [0, 0.05) is 24.9 Å². The number of amides is 2. The Morgan fingerprint density at radius 2 is 1.89 bits per heavy atom. The van der Waals surface area contributed by atoms with Gasteiger partial charge < -0.3 is 19.7 Å². The first-order chi connectivity index (χ1) is 18.1. The van der Waals surface area contributed by atoms with Crippen molar-refractivity contribution in [3.8, 4) is 5.75 Å². The van der Waals surface area contributed by atoms with Crippen LogP contribution in [0.2, 0.25) is 0 Å².